The molecular formula is C18H15FN2O2. The van der Waals surface area contributed by atoms with Gasteiger partial charge in [0, 0.05) is 25.2 Å². The number of amides is 1. The van der Waals surface area contributed by atoms with Gasteiger partial charge in [0.1, 0.15) is 5.82 Å². The SMILES string of the molecule is CN(C)C(=O)c1ccccc1-c1ncc(-c2ccc(F)cc2)o1. The van der Waals surface area contributed by atoms with Crippen LogP contribution in [0.15, 0.2) is 59.1 Å². The Morgan fingerprint density at radius 1 is 1.09 bits per heavy atom. The summed E-state index contributed by atoms with van der Waals surface area (Å²) in [5, 5.41) is 0. The molecule has 1 heterocycles. The molecule has 23 heavy (non-hydrogen) atoms. The highest BCUT2D eigenvalue weighted by molar-refractivity contribution is 5.99. The van der Waals surface area contributed by atoms with Gasteiger partial charge in [-0.2, -0.15) is 0 Å². The van der Waals surface area contributed by atoms with Gasteiger partial charge in [0.2, 0.25) is 5.89 Å². The Hall–Kier alpha value is -2.95. The fourth-order valence-corrected chi connectivity index (χ4v) is 2.24. The summed E-state index contributed by atoms with van der Waals surface area (Å²) in [6, 6.07) is 13.1. The van der Waals surface area contributed by atoms with Crippen molar-refractivity contribution in [2.75, 3.05) is 14.1 Å². The fraction of sp³-hybridized carbons (Fsp3) is 0.111. The molecule has 1 aromatic heterocycles. The Balaban J connectivity index is 2.01. The predicted octanol–water partition coefficient (Wildman–Crippen LogP) is 3.85. The molecule has 1 amide bonds. The predicted molar refractivity (Wildman–Crippen MR) is 85.4 cm³/mol. The third-order valence-electron chi connectivity index (χ3n) is 3.43. The molecule has 0 N–H and O–H groups in total. The summed E-state index contributed by atoms with van der Waals surface area (Å²) in [5.41, 5.74) is 1.87. The molecule has 116 valence electrons. The monoisotopic (exact) mass is 310 g/mol. The van der Waals surface area contributed by atoms with E-state index in [0.717, 1.165) is 5.56 Å². The number of rotatable bonds is 3. The van der Waals surface area contributed by atoms with Gasteiger partial charge in [-0.15, -0.1) is 0 Å². The van der Waals surface area contributed by atoms with E-state index < -0.39 is 0 Å². The topological polar surface area (TPSA) is 46.3 Å². The molecule has 0 bridgehead atoms. The van der Waals surface area contributed by atoms with Crippen molar-refractivity contribution in [2.24, 2.45) is 0 Å². The number of carbonyl (C=O) groups is 1. The van der Waals surface area contributed by atoms with Gasteiger partial charge in [-0.1, -0.05) is 12.1 Å². The summed E-state index contributed by atoms with van der Waals surface area (Å²) >= 11 is 0. The number of carbonyl (C=O) groups excluding carboxylic acids is 1. The second-order valence-electron chi connectivity index (χ2n) is 5.28. The minimum atomic E-state index is -0.310. The standard InChI is InChI=1S/C18H15FN2O2/c1-21(2)18(22)15-6-4-3-5-14(15)17-20-11-16(23-17)12-7-9-13(19)10-8-12/h3-11H,1-2H3. The van der Waals surface area contributed by atoms with Gasteiger partial charge in [-0.05, 0) is 36.4 Å². The molecule has 0 radical (unpaired) electrons. The van der Waals surface area contributed by atoms with E-state index in [0.29, 0.717) is 22.8 Å². The van der Waals surface area contributed by atoms with Crippen LogP contribution in [0.25, 0.3) is 22.8 Å². The molecule has 3 aromatic rings. The van der Waals surface area contributed by atoms with Crippen molar-refractivity contribution < 1.29 is 13.6 Å². The zero-order valence-electron chi connectivity index (χ0n) is 12.8. The maximum atomic E-state index is 13.0. The third-order valence-corrected chi connectivity index (χ3v) is 3.43. The smallest absolute Gasteiger partial charge is 0.254 e. The van der Waals surface area contributed by atoms with Crippen LogP contribution in [0.2, 0.25) is 0 Å². The third kappa shape index (κ3) is 2.99. The lowest BCUT2D eigenvalue weighted by molar-refractivity contribution is 0.0828. The normalized spacial score (nSPS) is 10.6. The molecule has 0 unspecified atom stereocenters. The molecular weight excluding hydrogens is 295 g/mol. The van der Waals surface area contributed by atoms with Crippen molar-refractivity contribution in [3.63, 3.8) is 0 Å². The number of aromatic nitrogens is 1. The Labute approximate surface area is 133 Å². The Morgan fingerprint density at radius 2 is 1.78 bits per heavy atom. The maximum absolute atomic E-state index is 13.0. The van der Waals surface area contributed by atoms with Gasteiger partial charge in [-0.3, -0.25) is 4.79 Å². The summed E-state index contributed by atoms with van der Waals surface area (Å²) in [6.07, 6.45) is 1.57. The molecule has 0 spiro atoms. The van der Waals surface area contributed by atoms with Gasteiger partial charge < -0.3 is 9.32 Å². The lowest BCUT2D eigenvalue weighted by atomic mass is 10.1. The van der Waals surface area contributed by atoms with Crippen molar-refractivity contribution >= 4 is 5.91 Å². The average molecular weight is 310 g/mol. The Kier molecular flexibility index (Phi) is 3.93. The van der Waals surface area contributed by atoms with Gasteiger partial charge in [-0.25, -0.2) is 9.37 Å². The van der Waals surface area contributed by atoms with Crippen LogP contribution in [0, 0.1) is 5.82 Å². The number of halogens is 1. The van der Waals surface area contributed by atoms with Gasteiger partial charge in [0.05, 0.1) is 11.8 Å². The molecule has 0 saturated heterocycles. The highest BCUT2D eigenvalue weighted by Gasteiger charge is 2.17. The molecule has 2 aromatic carbocycles. The van der Waals surface area contributed by atoms with E-state index in [9.17, 15) is 9.18 Å². The molecule has 4 nitrogen and oxygen atoms in total. The fourth-order valence-electron chi connectivity index (χ4n) is 2.24. The first-order valence-corrected chi connectivity index (χ1v) is 7.09. The summed E-state index contributed by atoms with van der Waals surface area (Å²) in [6.45, 7) is 0. The molecule has 0 aliphatic heterocycles. The number of oxazole rings is 1. The van der Waals surface area contributed by atoms with E-state index in [4.69, 9.17) is 4.42 Å². The van der Waals surface area contributed by atoms with Crippen molar-refractivity contribution in [3.05, 3.63) is 66.1 Å². The summed E-state index contributed by atoms with van der Waals surface area (Å²) < 4.78 is 18.8. The van der Waals surface area contributed by atoms with E-state index in [-0.39, 0.29) is 11.7 Å². The first kappa shape index (κ1) is 15.0. The van der Waals surface area contributed by atoms with E-state index in [2.05, 4.69) is 4.98 Å². The number of hydrogen-bond acceptors (Lipinski definition) is 3. The summed E-state index contributed by atoms with van der Waals surface area (Å²) in [5.74, 6) is 0.444. The molecule has 0 aliphatic carbocycles. The van der Waals surface area contributed by atoms with Crippen LogP contribution in [0.4, 0.5) is 4.39 Å². The number of hydrogen-bond donors (Lipinski definition) is 0. The van der Waals surface area contributed by atoms with Gasteiger partial charge in [0.15, 0.2) is 5.76 Å². The zero-order valence-corrected chi connectivity index (χ0v) is 12.8. The van der Waals surface area contributed by atoms with E-state index in [1.165, 1.54) is 17.0 Å². The molecule has 5 heteroatoms. The molecule has 0 atom stereocenters. The highest BCUT2D eigenvalue weighted by atomic mass is 19.1. The molecule has 0 saturated carbocycles. The van der Waals surface area contributed by atoms with E-state index in [1.807, 2.05) is 6.07 Å². The minimum absolute atomic E-state index is 0.123. The van der Waals surface area contributed by atoms with Crippen molar-refractivity contribution in [1.82, 2.24) is 9.88 Å². The van der Waals surface area contributed by atoms with Crippen molar-refractivity contribution in [2.45, 2.75) is 0 Å². The lowest BCUT2D eigenvalue weighted by Crippen LogP contribution is -2.22. The minimum Gasteiger partial charge on any atom is -0.436 e. The summed E-state index contributed by atoms with van der Waals surface area (Å²) in [4.78, 5) is 18.0. The quantitative estimate of drug-likeness (QED) is 0.738. The highest BCUT2D eigenvalue weighted by Crippen LogP contribution is 2.28. The summed E-state index contributed by atoms with van der Waals surface area (Å²) in [7, 11) is 3.39. The first-order chi connectivity index (χ1) is 11.1. The number of nitrogens with zero attached hydrogens (tertiary/aromatic N) is 2. The van der Waals surface area contributed by atoms with Gasteiger partial charge >= 0.3 is 0 Å². The zero-order chi connectivity index (χ0) is 16.4. The van der Waals surface area contributed by atoms with Crippen LogP contribution in [0.5, 0.6) is 0 Å². The second-order valence-corrected chi connectivity index (χ2v) is 5.28. The van der Waals surface area contributed by atoms with Crippen LogP contribution in [-0.2, 0) is 0 Å². The molecule has 0 aliphatic rings. The van der Waals surface area contributed by atoms with Crippen molar-refractivity contribution in [3.8, 4) is 22.8 Å². The largest absolute Gasteiger partial charge is 0.436 e. The van der Waals surface area contributed by atoms with Gasteiger partial charge in [0.25, 0.3) is 5.91 Å². The Bertz CT molecular complexity index is 838. The van der Waals surface area contributed by atoms with E-state index in [1.54, 1.807) is 50.6 Å². The molecule has 3 rings (SSSR count). The second kappa shape index (κ2) is 6.04. The lowest BCUT2D eigenvalue weighted by Gasteiger charge is -2.12. The van der Waals surface area contributed by atoms with Crippen molar-refractivity contribution in [1.29, 1.82) is 0 Å². The van der Waals surface area contributed by atoms with Crippen LogP contribution in [-0.4, -0.2) is 29.9 Å². The van der Waals surface area contributed by atoms with Crippen LogP contribution in [0.1, 0.15) is 10.4 Å². The first-order valence-electron chi connectivity index (χ1n) is 7.09. The maximum Gasteiger partial charge on any atom is 0.254 e. The average Bonchev–Trinajstić information content (AvgIpc) is 3.04. The van der Waals surface area contributed by atoms with Crippen LogP contribution in [0.3, 0.4) is 0 Å². The molecule has 0 fully saturated rings. The van der Waals surface area contributed by atoms with Crippen LogP contribution < -0.4 is 0 Å². The van der Waals surface area contributed by atoms with E-state index >= 15 is 0 Å². The Morgan fingerprint density at radius 3 is 2.48 bits per heavy atom. The van der Waals surface area contributed by atoms with Crippen LogP contribution >= 0.6 is 0 Å². The number of benzene rings is 2.